The number of carboxylic acids is 1. The summed E-state index contributed by atoms with van der Waals surface area (Å²) in [6.07, 6.45) is -5.08. The van der Waals surface area contributed by atoms with Gasteiger partial charge in [-0.3, -0.25) is 4.79 Å². The number of nitrogens with two attached hydrogens (primary N) is 1. The molecule has 0 heterocycles. The van der Waals surface area contributed by atoms with E-state index in [9.17, 15) is 18.0 Å². The zero-order valence-corrected chi connectivity index (χ0v) is 11.2. The Labute approximate surface area is 120 Å². The predicted octanol–water partition coefficient (Wildman–Crippen LogP) is 0.853. The Morgan fingerprint density at radius 1 is 1.32 bits per heavy atom. The van der Waals surface area contributed by atoms with Crippen molar-refractivity contribution in [2.45, 2.75) is 16.7 Å². The predicted molar refractivity (Wildman–Crippen MR) is 60.0 cm³/mol. The van der Waals surface area contributed by atoms with E-state index in [0.717, 1.165) is 0 Å². The number of halogens is 6. The molecule has 19 heavy (non-hydrogen) atoms. The van der Waals surface area contributed by atoms with Crippen molar-refractivity contribution in [3.8, 4) is 0 Å². The van der Waals surface area contributed by atoms with E-state index < -0.39 is 35.3 Å². The third-order valence-electron chi connectivity index (χ3n) is 1.15. The van der Waals surface area contributed by atoms with E-state index >= 15 is 0 Å². The Morgan fingerprint density at radius 2 is 1.68 bits per heavy atom. The SMILES string of the molecule is NC(CO)C(=O)OC(Cl)(Cl)CCl.O=C(O)C(F)(F)F. The lowest BCUT2D eigenvalue weighted by atomic mass is 10.3. The van der Waals surface area contributed by atoms with Crippen LogP contribution in [-0.2, 0) is 14.3 Å². The van der Waals surface area contributed by atoms with Crippen LogP contribution in [0.4, 0.5) is 13.2 Å². The van der Waals surface area contributed by atoms with Crippen molar-refractivity contribution < 1.29 is 37.7 Å². The molecule has 6 nitrogen and oxygen atoms in total. The number of ether oxygens (including phenoxy) is 1. The molecule has 0 aromatic rings. The summed E-state index contributed by atoms with van der Waals surface area (Å²) in [6.45, 7) is -0.537. The van der Waals surface area contributed by atoms with Crippen LogP contribution in [0.1, 0.15) is 0 Å². The van der Waals surface area contributed by atoms with Gasteiger partial charge in [-0.2, -0.15) is 13.2 Å². The second-order valence-corrected chi connectivity index (χ2v) is 4.47. The Kier molecular flexibility index (Phi) is 9.48. The molecule has 0 amide bonds. The fourth-order valence-corrected chi connectivity index (χ4v) is 0.531. The number of carbonyl (C=O) groups is 2. The highest BCUT2D eigenvalue weighted by atomic mass is 35.5. The van der Waals surface area contributed by atoms with Crippen molar-refractivity contribution in [2.24, 2.45) is 5.73 Å². The molecule has 0 aliphatic rings. The first-order valence-corrected chi connectivity index (χ1v) is 5.49. The van der Waals surface area contributed by atoms with Crippen molar-refractivity contribution in [2.75, 3.05) is 12.5 Å². The molecule has 0 saturated heterocycles. The first kappa shape index (κ1) is 20.8. The number of carboxylic acid groups (broad SMARTS) is 1. The third-order valence-corrected chi connectivity index (χ3v) is 2.22. The normalized spacial score (nSPS) is 13.1. The summed E-state index contributed by atoms with van der Waals surface area (Å²) in [5.74, 6) is -3.93. The van der Waals surface area contributed by atoms with Crippen LogP contribution in [0.5, 0.6) is 0 Å². The highest BCUT2D eigenvalue weighted by Crippen LogP contribution is 2.24. The van der Waals surface area contributed by atoms with Crippen molar-refractivity contribution >= 4 is 46.7 Å². The number of hydrogen-bond acceptors (Lipinski definition) is 5. The molecule has 0 rings (SSSR count). The van der Waals surface area contributed by atoms with Crippen LogP contribution in [0.2, 0.25) is 0 Å². The van der Waals surface area contributed by atoms with Crippen LogP contribution in [0.3, 0.4) is 0 Å². The largest absolute Gasteiger partial charge is 0.490 e. The second kappa shape index (κ2) is 8.64. The van der Waals surface area contributed by atoms with Crippen LogP contribution in [0, 0.1) is 0 Å². The van der Waals surface area contributed by atoms with Crippen LogP contribution in [-0.4, -0.2) is 51.4 Å². The Bertz CT molecular complexity index is 313. The van der Waals surface area contributed by atoms with Gasteiger partial charge in [0.15, 0.2) is 0 Å². The van der Waals surface area contributed by atoms with Crippen molar-refractivity contribution in [3.05, 3.63) is 0 Å². The molecule has 0 aliphatic heterocycles. The molecule has 4 N–H and O–H groups in total. The van der Waals surface area contributed by atoms with Gasteiger partial charge in [-0.05, 0) is 0 Å². The Balaban J connectivity index is 0. The summed E-state index contributed by atoms with van der Waals surface area (Å²) in [5.41, 5.74) is 5.09. The molecule has 0 fully saturated rings. The average molecular weight is 351 g/mol. The lowest BCUT2D eigenvalue weighted by Crippen LogP contribution is -2.39. The highest BCUT2D eigenvalue weighted by Gasteiger charge is 2.38. The van der Waals surface area contributed by atoms with Crippen LogP contribution in [0.25, 0.3) is 0 Å². The topological polar surface area (TPSA) is 110 Å². The van der Waals surface area contributed by atoms with Crippen LogP contribution in [0.15, 0.2) is 0 Å². The van der Waals surface area contributed by atoms with E-state index in [1.807, 2.05) is 0 Å². The molecule has 0 saturated carbocycles. The standard InChI is InChI=1S/C5H8Cl3NO3.C2HF3O2/c6-2-5(7,8)12-4(11)3(9)1-10;3-2(4,5)1(6)7/h3,10H,1-2,9H2;(H,6,7). The van der Waals surface area contributed by atoms with Gasteiger partial charge in [-0.25, -0.2) is 4.79 Å². The number of alkyl halides is 6. The minimum absolute atomic E-state index is 0.278. The second-order valence-electron chi connectivity index (χ2n) is 2.78. The first-order chi connectivity index (χ1) is 8.37. The van der Waals surface area contributed by atoms with E-state index in [1.165, 1.54) is 0 Å². The summed E-state index contributed by atoms with van der Waals surface area (Å²) < 4.78 is 34.4. The van der Waals surface area contributed by atoms with Crippen molar-refractivity contribution in [1.82, 2.24) is 0 Å². The van der Waals surface area contributed by atoms with E-state index in [0.29, 0.717) is 0 Å². The van der Waals surface area contributed by atoms with Gasteiger partial charge in [0.1, 0.15) is 6.04 Å². The van der Waals surface area contributed by atoms with E-state index in [1.54, 1.807) is 0 Å². The number of aliphatic hydroxyl groups excluding tert-OH is 1. The molecule has 12 heteroatoms. The maximum Gasteiger partial charge on any atom is 0.490 e. The first-order valence-electron chi connectivity index (χ1n) is 4.20. The zero-order valence-electron chi connectivity index (χ0n) is 8.96. The minimum atomic E-state index is -5.08. The van der Waals surface area contributed by atoms with E-state index in [2.05, 4.69) is 4.74 Å². The van der Waals surface area contributed by atoms with Gasteiger partial charge < -0.3 is 20.7 Å². The molecule has 1 atom stereocenters. The Hall–Kier alpha value is -0.480. The minimum Gasteiger partial charge on any atom is -0.475 e. The number of rotatable bonds is 4. The maximum absolute atomic E-state index is 10.8. The van der Waals surface area contributed by atoms with Gasteiger partial charge in [0.05, 0.1) is 12.5 Å². The van der Waals surface area contributed by atoms with Gasteiger partial charge >= 0.3 is 18.1 Å². The zero-order chi connectivity index (χ0) is 15.9. The summed E-state index contributed by atoms with van der Waals surface area (Å²) >= 11 is 16.0. The maximum atomic E-state index is 10.8. The van der Waals surface area contributed by atoms with Crippen LogP contribution < -0.4 is 5.73 Å². The Morgan fingerprint density at radius 3 is 1.89 bits per heavy atom. The molecule has 0 aromatic heterocycles. The molecule has 0 aliphatic carbocycles. The number of aliphatic hydroxyl groups is 1. The van der Waals surface area contributed by atoms with Gasteiger partial charge in [0.2, 0.25) is 0 Å². The quantitative estimate of drug-likeness (QED) is 0.512. The number of esters is 1. The van der Waals surface area contributed by atoms with Crippen molar-refractivity contribution in [3.63, 3.8) is 0 Å². The third kappa shape index (κ3) is 11.1. The monoisotopic (exact) mass is 349 g/mol. The molecule has 0 aromatic carbocycles. The molecule has 0 bridgehead atoms. The number of carbonyl (C=O) groups excluding carboxylic acids is 1. The smallest absolute Gasteiger partial charge is 0.475 e. The van der Waals surface area contributed by atoms with E-state index in [-0.39, 0.29) is 5.88 Å². The lowest BCUT2D eigenvalue weighted by Gasteiger charge is -2.18. The molecule has 0 spiro atoms. The molecule has 0 radical (unpaired) electrons. The highest BCUT2D eigenvalue weighted by molar-refractivity contribution is 6.50. The summed E-state index contributed by atoms with van der Waals surface area (Å²) in [7, 11) is 0. The van der Waals surface area contributed by atoms with Gasteiger partial charge in [-0.1, -0.05) is 23.2 Å². The fraction of sp³-hybridized carbons (Fsp3) is 0.714. The molecular weight excluding hydrogens is 341 g/mol. The van der Waals surface area contributed by atoms with Gasteiger partial charge in [-0.15, -0.1) is 11.6 Å². The molecular formula is C7H9Cl3F3NO5. The molecule has 1 unspecified atom stereocenters. The number of aliphatic carboxylic acids is 1. The summed E-state index contributed by atoms with van der Waals surface area (Å²) in [5, 5.41) is 15.6. The molecule has 114 valence electrons. The van der Waals surface area contributed by atoms with Gasteiger partial charge in [0, 0.05) is 0 Å². The van der Waals surface area contributed by atoms with E-state index in [4.69, 9.17) is 55.5 Å². The average Bonchev–Trinajstić information content (AvgIpc) is 2.26. The summed E-state index contributed by atoms with van der Waals surface area (Å²) in [6, 6.07) is -1.15. The lowest BCUT2D eigenvalue weighted by molar-refractivity contribution is -0.192. The fourth-order valence-electron chi connectivity index (χ4n) is 0.325. The van der Waals surface area contributed by atoms with Crippen molar-refractivity contribution in [1.29, 1.82) is 0 Å². The number of hydrogen-bond donors (Lipinski definition) is 3. The van der Waals surface area contributed by atoms with Gasteiger partial charge in [0.25, 0.3) is 4.52 Å². The van der Waals surface area contributed by atoms with Crippen LogP contribution >= 0.6 is 34.8 Å². The summed E-state index contributed by atoms with van der Waals surface area (Å²) in [4.78, 5) is 19.7.